The van der Waals surface area contributed by atoms with Gasteiger partial charge in [-0.2, -0.15) is 0 Å². The van der Waals surface area contributed by atoms with E-state index in [-0.39, 0.29) is 37.8 Å². The SMILES string of the molecule is COc1ccc(CC(=O)N[C@@H](Cc2ccccc2)C(=O)N[C@H]2COC(=O)[C@@H]3C[C@H](C)CN3C(=O)[C@H](C)NC(=O)[C@@H]3CCCCN3C(=O)[C@@H]3CCCN3C2=O)cc1. The highest BCUT2D eigenvalue weighted by atomic mass is 16.5. The summed E-state index contributed by atoms with van der Waals surface area (Å²) in [7, 11) is 1.55. The van der Waals surface area contributed by atoms with Crippen molar-refractivity contribution < 1.29 is 43.0 Å². The maximum absolute atomic E-state index is 14.5. The highest BCUT2D eigenvalue weighted by molar-refractivity contribution is 5.98. The highest BCUT2D eigenvalue weighted by Gasteiger charge is 2.46. The van der Waals surface area contributed by atoms with E-state index in [1.54, 1.807) is 38.3 Å². The molecule has 15 heteroatoms. The number of hydrogen-bond acceptors (Lipinski definition) is 9. The highest BCUT2D eigenvalue weighted by Crippen LogP contribution is 2.28. The summed E-state index contributed by atoms with van der Waals surface area (Å²) in [5, 5.41) is 8.38. The molecule has 7 atom stereocenters. The quantitative estimate of drug-likeness (QED) is 0.331. The molecule has 4 fully saturated rings. The number of piperidine rings is 1. The first-order valence-electron chi connectivity index (χ1n) is 19.6. The van der Waals surface area contributed by atoms with Crippen LogP contribution in [0.3, 0.4) is 0 Å². The van der Waals surface area contributed by atoms with E-state index in [9.17, 15) is 33.6 Å². The van der Waals surface area contributed by atoms with Gasteiger partial charge in [0.25, 0.3) is 0 Å². The van der Waals surface area contributed by atoms with Crippen LogP contribution in [-0.2, 0) is 51.1 Å². The fourth-order valence-corrected chi connectivity index (χ4v) is 8.22. The summed E-state index contributed by atoms with van der Waals surface area (Å²) in [6.07, 6.45) is 3.03. The van der Waals surface area contributed by atoms with Crippen molar-refractivity contribution >= 4 is 41.4 Å². The van der Waals surface area contributed by atoms with E-state index in [0.29, 0.717) is 56.4 Å². The molecule has 0 unspecified atom stereocenters. The molecule has 2 aromatic rings. The summed E-state index contributed by atoms with van der Waals surface area (Å²) in [6, 6.07) is 9.86. The average Bonchev–Trinajstić information content (AvgIpc) is 3.86. The van der Waals surface area contributed by atoms with Gasteiger partial charge in [-0.15, -0.1) is 0 Å². The summed E-state index contributed by atoms with van der Waals surface area (Å²) < 4.78 is 11.0. The molecule has 6 rings (SSSR count). The second-order valence-corrected chi connectivity index (χ2v) is 15.3. The number of ether oxygens (including phenoxy) is 2. The van der Waals surface area contributed by atoms with Crippen molar-refractivity contribution in [3.63, 3.8) is 0 Å². The van der Waals surface area contributed by atoms with Gasteiger partial charge in [0, 0.05) is 26.1 Å². The molecule has 300 valence electrons. The van der Waals surface area contributed by atoms with Crippen molar-refractivity contribution in [1.82, 2.24) is 30.7 Å². The lowest BCUT2D eigenvalue weighted by molar-refractivity contribution is -0.158. The van der Waals surface area contributed by atoms with Crippen LogP contribution in [0.1, 0.15) is 63.5 Å². The standard InChI is InChI=1S/C41H52N6O9/c1-25-20-34-41(54)56-24-31(44-36(49)30(21-27-10-5-4-6-11-27)43-35(48)22-28-14-16-29(55-3)17-15-28)39(52)46-19-9-13-33(46)40(53)45-18-8-7-12-32(45)37(50)42-26(2)38(51)47(34)23-25/h4-6,10-11,14-17,25-26,30-34H,7-9,12-13,18-24H2,1-3H3,(H,42,50)(H,43,48)(H,44,49)/t25-,26-,30-,31-,32-,33-,34-/m0/s1. The molecule has 4 saturated heterocycles. The number of nitrogens with zero attached hydrogens (tertiary/aromatic N) is 3. The van der Waals surface area contributed by atoms with Crippen molar-refractivity contribution in [3.05, 3.63) is 65.7 Å². The maximum Gasteiger partial charge on any atom is 0.328 e. The summed E-state index contributed by atoms with van der Waals surface area (Å²) in [5.74, 6) is -3.20. The predicted octanol–water partition coefficient (Wildman–Crippen LogP) is 1.12. The van der Waals surface area contributed by atoms with Crippen LogP contribution in [0.4, 0.5) is 0 Å². The Kier molecular flexibility index (Phi) is 12.9. The van der Waals surface area contributed by atoms with Crippen molar-refractivity contribution in [3.8, 4) is 5.75 Å². The van der Waals surface area contributed by atoms with Crippen molar-refractivity contribution in [1.29, 1.82) is 0 Å². The fourth-order valence-electron chi connectivity index (χ4n) is 8.22. The number of cyclic esters (lactones) is 1. The van der Waals surface area contributed by atoms with Gasteiger partial charge < -0.3 is 40.1 Å². The van der Waals surface area contributed by atoms with Crippen LogP contribution < -0.4 is 20.7 Å². The Balaban J connectivity index is 1.29. The minimum absolute atomic E-state index is 0.0245. The number of methoxy groups -OCH3 is 1. The lowest BCUT2D eigenvalue weighted by atomic mass is 9.99. The molecule has 2 aromatic carbocycles. The fraction of sp³-hybridized carbons (Fsp3) is 0.537. The van der Waals surface area contributed by atoms with E-state index in [1.807, 2.05) is 37.3 Å². The van der Waals surface area contributed by atoms with Gasteiger partial charge in [-0.25, -0.2) is 4.79 Å². The first-order chi connectivity index (χ1) is 26.9. The molecular weight excluding hydrogens is 720 g/mol. The molecule has 6 amide bonds. The van der Waals surface area contributed by atoms with E-state index in [0.717, 1.165) is 5.56 Å². The molecule has 0 spiro atoms. The number of carbonyl (C=O) groups is 7. The van der Waals surface area contributed by atoms with E-state index < -0.39 is 78.4 Å². The predicted molar refractivity (Wildman–Crippen MR) is 203 cm³/mol. The van der Waals surface area contributed by atoms with E-state index >= 15 is 0 Å². The third kappa shape index (κ3) is 9.31. The van der Waals surface area contributed by atoms with Crippen LogP contribution in [-0.4, -0.2) is 126 Å². The third-order valence-corrected chi connectivity index (χ3v) is 11.2. The van der Waals surface area contributed by atoms with Crippen LogP contribution in [0, 0.1) is 5.92 Å². The van der Waals surface area contributed by atoms with Crippen LogP contribution in [0.2, 0.25) is 0 Å². The monoisotopic (exact) mass is 772 g/mol. The molecule has 56 heavy (non-hydrogen) atoms. The minimum atomic E-state index is -1.42. The van der Waals surface area contributed by atoms with Gasteiger partial charge in [-0.1, -0.05) is 49.4 Å². The largest absolute Gasteiger partial charge is 0.497 e. The van der Waals surface area contributed by atoms with Crippen LogP contribution in [0.5, 0.6) is 5.75 Å². The molecule has 4 heterocycles. The molecule has 4 aliphatic heterocycles. The molecule has 3 N–H and O–H groups in total. The average molecular weight is 773 g/mol. The summed E-state index contributed by atoms with van der Waals surface area (Å²) in [4.78, 5) is 102. The van der Waals surface area contributed by atoms with Gasteiger partial charge in [0.2, 0.25) is 35.4 Å². The zero-order valence-electron chi connectivity index (χ0n) is 32.2. The minimum Gasteiger partial charge on any atom is -0.497 e. The van der Waals surface area contributed by atoms with E-state index in [1.165, 1.54) is 14.7 Å². The molecule has 0 aliphatic carbocycles. The third-order valence-electron chi connectivity index (χ3n) is 11.2. The van der Waals surface area contributed by atoms with Crippen LogP contribution in [0.25, 0.3) is 0 Å². The second-order valence-electron chi connectivity index (χ2n) is 15.3. The number of rotatable bonds is 8. The normalized spacial score (nSPS) is 26.7. The van der Waals surface area contributed by atoms with Crippen molar-refractivity contribution in [2.24, 2.45) is 5.92 Å². The number of benzene rings is 2. The topological polar surface area (TPSA) is 184 Å². The number of carbonyl (C=O) groups excluding carboxylic acids is 7. The summed E-state index contributed by atoms with van der Waals surface area (Å²) in [6.45, 7) is 3.70. The zero-order chi connectivity index (χ0) is 39.9. The number of fused-ring (bicyclic) bond motifs is 3. The molecule has 0 radical (unpaired) electrons. The Morgan fingerprint density at radius 1 is 0.821 bits per heavy atom. The lowest BCUT2D eigenvalue weighted by Gasteiger charge is -2.39. The Hall–Kier alpha value is -5.47. The molecule has 0 bridgehead atoms. The number of hydrogen-bond donors (Lipinski definition) is 3. The Bertz CT molecular complexity index is 1790. The molecule has 0 saturated carbocycles. The van der Waals surface area contributed by atoms with E-state index in [4.69, 9.17) is 9.47 Å². The van der Waals surface area contributed by atoms with Crippen LogP contribution >= 0.6 is 0 Å². The van der Waals surface area contributed by atoms with Gasteiger partial charge in [0.15, 0.2) is 0 Å². The van der Waals surface area contributed by atoms with Gasteiger partial charge in [-0.3, -0.25) is 28.8 Å². The number of amides is 6. The first-order valence-corrected chi connectivity index (χ1v) is 19.6. The van der Waals surface area contributed by atoms with Gasteiger partial charge in [0.1, 0.15) is 48.6 Å². The van der Waals surface area contributed by atoms with Crippen molar-refractivity contribution in [2.45, 2.75) is 101 Å². The van der Waals surface area contributed by atoms with Gasteiger partial charge in [-0.05, 0) is 74.6 Å². The van der Waals surface area contributed by atoms with E-state index in [2.05, 4.69) is 16.0 Å². The Labute approximate surface area is 326 Å². The maximum atomic E-state index is 14.5. The Morgan fingerprint density at radius 3 is 2.25 bits per heavy atom. The Morgan fingerprint density at radius 2 is 1.52 bits per heavy atom. The number of esters is 1. The lowest BCUT2D eigenvalue weighted by Crippen LogP contribution is -2.62. The van der Waals surface area contributed by atoms with Gasteiger partial charge in [0.05, 0.1) is 13.5 Å². The van der Waals surface area contributed by atoms with Crippen molar-refractivity contribution in [2.75, 3.05) is 33.4 Å². The van der Waals surface area contributed by atoms with Crippen LogP contribution in [0.15, 0.2) is 54.6 Å². The summed E-state index contributed by atoms with van der Waals surface area (Å²) >= 11 is 0. The zero-order valence-corrected chi connectivity index (χ0v) is 32.2. The first kappa shape index (κ1) is 40.2. The number of nitrogens with one attached hydrogen (secondary N) is 3. The molecule has 0 aromatic heterocycles. The molecule has 15 nitrogen and oxygen atoms in total. The smallest absolute Gasteiger partial charge is 0.328 e. The molecular formula is C41H52N6O9. The summed E-state index contributed by atoms with van der Waals surface area (Å²) in [5.41, 5.74) is 1.45. The van der Waals surface area contributed by atoms with Gasteiger partial charge >= 0.3 is 5.97 Å². The second kappa shape index (κ2) is 18.0. The molecule has 4 aliphatic rings.